The smallest absolute Gasteiger partial charge is 0.341 e. The van der Waals surface area contributed by atoms with E-state index in [2.05, 4.69) is 12.1 Å². The summed E-state index contributed by atoms with van der Waals surface area (Å²) in [6.07, 6.45) is 2.76. The van der Waals surface area contributed by atoms with Crippen LogP contribution in [0.2, 0.25) is 0 Å². The molecule has 2 aromatic rings. The van der Waals surface area contributed by atoms with Crippen LogP contribution in [0.3, 0.4) is 0 Å². The lowest BCUT2D eigenvalue weighted by Crippen LogP contribution is -2.15. The van der Waals surface area contributed by atoms with Gasteiger partial charge in [0.1, 0.15) is 5.82 Å². The van der Waals surface area contributed by atoms with Gasteiger partial charge in [0.2, 0.25) is 5.91 Å². The van der Waals surface area contributed by atoms with Crippen LogP contribution in [-0.2, 0) is 11.2 Å². The summed E-state index contributed by atoms with van der Waals surface area (Å²) in [5.41, 5.74) is 7.60. The number of esters is 1. The van der Waals surface area contributed by atoms with E-state index in [0.717, 1.165) is 25.0 Å². The summed E-state index contributed by atoms with van der Waals surface area (Å²) in [5.74, 6) is -1.86. The van der Waals surface area contributed by atoms with Crippen molar-refractivity contribution >= 4 is 11.9 Å². The third kappa shape index (κ3) is 3.30. The molecule has 1 aliphatic carbocycles. The van der Waals surface area contributed by atoms with E-state index in [0.29, 0.717) is 12.3 Å². The molecule has 0 spiro atoms. The van der Waals surface area contributed by atoms with Crippen LogP contribution in [0.4, 0.5) is 4.39 Å². The summed E-state index contributed by atoms with van der Waals surface area (Å²) in [6, 6.07) is 11.7. The number of hydrogen-bond acceptors (Lipinski definition) is 3. The number of hydrogen-bond donors (Lipinski definition) is 1. The molecular formula is C19H18FNO3. The van der Waals surface area contributed by atoms with Crippen LogP contribution in [0.25, 0.3) is 0 Å². The third-order valence-corrected chi connectivity index (χ3v) is 4.43. The highest BCUT2D eigenvalue weighted by molar-refractivity contribution is 5.97. The van der Waals surface area contributed by atoms with Gasteiger partial charge < -0.3 is 10.5 Å². The van der Waals surface area contributed by atoms with Crippen LogP contribution in [0.1, 0.15) is 50.6 Å². The largest absolute Gasteiger partial charge is 0.462 e. The summed E-state index contributed by atoms with van der Waals surface area (Å²) in [7, 11) is 0. The summed E-state index contributed by atoms with van der Waals surface area (Å²) in [4.78, 5) is 23.2. The molecule has 0 saturated heterocycles. The first-order chi connectivity index (χ1) is 11.6. The lowest BCUT2D eigenvalue weighted by atomic mass is 9.98. The fourth-order valence-corrected chi connectivity index (χ4v) is 3.15. The summed E-state index contributed by atoms with van der Waals surface area (Å²) >= 11 is 0. The Hall–Kier alpha value is -2.69. The molecule has 0 radical (unpaired) electrons. The maximum atomic E-state index is 13.8. The Balaban J connectivity index is 1.61. The first-order valence-electron chi connectivity index (χ1n) is 7.90. The number of amides is 1. The van der Waals surface area contributed by atoms with Crippen molar-refractivity contribution < 1.29 is 18.7 Å². The van der Waals surface area contributed by atoms with Crippen LogP contribution in [-0.4, -0.2) is 18.5 Å². The molecular weight excluding hydrogens is 309 g/mol. The summed E-state index contributed by atoms with van der Waals surface area (Å²) in [6.45, 7) is 0.206. The molecule has 124 valence electrons. The summed E-state index contributed by atoms with van der Waals surface area (Å²) < 4.78 is 18.9. The van der Waals surface area contributed by atoms with Crippen LogP contribution in [0.15, 0.2) is 42.5 Å². The Bertz CT molecular complexity index is 788. The zero-order valence-corrected chi connectivity index (χ0v) is 13.1. The normalized spacial score (nSPS) is 15.8. The number of benzene rings is 2. The monoisotopic (exact) mass is 327 g/mol. The molecule has 1 atom stereocenters. The van der Waals surface area contributed by atoms with Crippen molar-refractivity contribution in [3.05, 3.63) is 70.5 Å². The van der Waals surface area contributed by atoms with Gasteiger partial charge in [-0.15, -0.1) is 0 Å². The number of carbonyl (C=O) groups is 2. The maximum absolute atomic E-state index is 13.8. The number of primary amides is 1. The Morgan fingerprint density at radius 2 is 2.00 bits per heavy atom. The van der Waals surface area contributed by atoms with Crippen molar-refractivity contribution in [3.8, 4) is 0 Å². The van der Waals surface area contributed by atoms with Crippen molar-refractivity contribution in [2.24, 2.45) is 5.73 Å². The molecule has 0 aliphatic heterocycles. The van der Waals surface area contributed by atoms with Gasteiger partial charge in [0.15, 0.2) is 0 Å². The zero-order chi connectivity index (χ0) is 17.1. The van der Waals surface area contributed by atoms with Gasteiger partial charge in [-0.3, -0.25) is 4.79 Å². The first kappa shape index (κ1) is 16.2. The van der Waals surface area contributed by atoms with E-state index in [1.165, 1.54) is 17.2 Å². The molecule has 1 unspecified atom stereocenters. The van der Waals surface area contributed by atoms with Gasteiger partial charge in [-0.1, -0.05) is 24.3 Å². The van der Waals surface area contributed by atoms with E-state index in [-0.39, 0.29) is 17.7 Å². The Morgan fingerprint density at radius 1 is 1.21 bits per heavy atom. The lowest BCUT2D eigenvalue weighted by molar-refractivity contribution is 0.0487. The van der Waals surface area contributed by atoms with E-state index in [4.69, 9.17) is 10.5 Å². The number of ether oxygens (including phenoxy) is 1. The van der Waals surface area contributed by atoms with Crippen LogP contribution >= 0.6 is 0 Å². The quantitative estimate of drug-likeness (QED) is 0.857. The standard InChI is InChI=1S/C19H18FNO3/c20-17-8-7-14(18(21)22)11-16(17)19(23)24-10-9-13-6-5-12-3-1-2-4-15(12)13/h1-4,7-8,11,13H,5-6,9-10H2,(H2,21,22). The molecule has 0 fully saturated rings. The minimum absolute atomic E-state index is 0.0769. The SMILES string of the molecule is NC(=O)c1ccc(F)c(C(=O)OCCC2CCc3ccccc32)c1. The predicted octanol–water partition coefficient (Wildman–Crippen LogP) is 3.20. The van der Waals surface area contributed by atoms with Crippen molar-refractivity contribution in [2.45, 2.75) is 25.2 Å². The van der Waals surface area contributed by atoms with E-state index >= 15 is 0 Å². The molecule has 2 aromatic carbocycles. The van der Waals surface area contributed by atoms with Gasteiger partial charge in [-0.2, -0.15) is 0 Å². The highest BCUT2D eigenvalue weighted by atomic mass is 19.1. The van der Waals surface area contributed by atoms with Crippen LogP contribution in [0.5, 0.6) is 0 Å². The second kappa shape index (κ2) is 6.83. The van der Waals surface area contributed by atoms with Crippen molar-refractivity contribution in [1.29, 1.82) is 0 Å². The Kier molecular flexibility index (Phi) is 4.60. The average Bonchev–Trinajstić information content (AvgIpc) is 2.98. The molecule has 0 aromatic heterocycles. The van der Waals surface area contributed by atoms with E-state index in [1.54, 1.807) is 0 Å². The number of nitrogens with two attached hydrogens (primary N) is 1. The Labute approximate surface area is 139 Å². The molecule has 2 N–H and O–H groups in total. The molecule has 3 rings (SSSR count). The van der Waals surface area contributed by atoms with E-state index in [9.17, 15) is 14.0 Å². The highest BCUT2D eigenvalue weighted by Gasteiger charge is 2.22. The average molecular weight is 327 g/mol. The second-order valence-electron chi connectivity index (χ2n) is 5.92. The molecule has 0 saturated carbocycles. The zero-order valence-electron chi connectivity index (χ0n) is 13.1. The highest BCUT2D eigenvalue weighted by Crippen LogP contribution is 2.35. The second-order valence-corrected chi connectivity index (χ2v) is 5.92. The Morgan fingerprint density at radius 3 is 2.79 bits per heavy atom. The van der Waals surface area contributed by atoms with Gasteiger partial charge >= 0.3 is 5.97 Å². The third-order valence-electron chi connectivity index (χ3n) is 4.43. The van der Waals surface area contributed by atoms with Gasteiger partial charge in [0, 0.05) is 5.56 Å². The number of fused-ring (bicyclic) bond motifs is 1. The van der Waals surface area contributed by atoms with Crippen molar-refractivity contribution in [3.63, 3.8) is 0 Å². The molecule has 0 bridgehead atoms. The molecule has 1 aliphatic rings. The number of aryl methyl sites for hydroxylation is 1. The van der Waals surface area contributed by atoms with Gasteiger partial charge in [0.05, 0.1) is 12.2 Å². The van der Waals surface area contributed by atoms with Crippen LogP contribution in [0, 0.1) is 5.82 Å². The predicted molar refractivity (Wildman–Crippen MR) is 87.3 cm³/mol. The maximum Gasteiger partial charge on any atom is 0.341 e. The van der Waals surface area contributed by atoms with Crippen LogP contribution < -0.4 is 5.73 Å². The molecule has 5 heteroatoms. The lowest BCUT2D eigenvalue weighted by Gasteiger charge is -2.12. The minimum Gasteiger partial charge on any atom is -0.462 e. The van der Waals surface area contributed by atoms with E-state index < -0.39 is 17.7 Å². The van der Waals surface area contributed by atoms with Gasteiger partial charge in [-0.25, -0.2) is 9.18 Å². The number of rotatable bonds is 5. The molecule has 4 nitrogen and oxygen atoms in total. The summed E-state index contributed by atoms with van der Waals surface area (Å²) in [5, 5.41) is 0. The molecule has 0 heterocycles. The number of halogens is 1. The topological polar surface area (TPSA) is 69.4 Å². The van der Waals surface area contributed by atoms with Gasteiger partial charge in [0.25, 0.3) is 0 Å². The molecule has 1 amide bonds. The van der Waals surface area contributed by atoms with Gasteiger partial charge in [-0.05, 0) is 54.5 Å². The molecule has 24 heavy (non-hydrogen) atoms. The van der Waals surface area contributed by atoms with Crippen molar-refractivity contribution in [1.82, 2.24) is 0 Å². The minimum atomic E-state index is -0.776. The van der Waals surface area contributed by atoms with Crippen molar-refractivity contribution in [2.75, 3.05) is 6.61 Å². The fourth-order valence-electron chi connectivity index (χ4n) is 3.15. The first-order valence-corrected chi connectivity index (χ1v) is 7.90. The fraction of sp³-hybridized carbons (Fsp3) is 0.263. The van der Waals surface area contributed by atoms with E-state index in [1.807, 2.05) is 12.1 Å². The number of carbonyl (C=O) groups excluding carboxylic acids is 2.